The van der Waals surface area contributed by atoms with Crippen LogP contribution in [0.5, 0.6) is 0 Å². The molecule has 3 N–H and O–H groups in total. The molecular weight excluding hydrogens is 157 g/mol. The van der Waals surface area contributed by atoms with Crippen LogP contribution in [0.2, 0.25) is 0 Å². The van der Waals surface area contributed by atoms with Crippen molar-refractivity contribution in [3.05, 3.63) is 35.9 Å². The number of nitrogens with zero attached hydrogens (tertiary/aromatic N) is 1. The molecule has 0 bridgehead atoms. The summed E-state index contributed by atoms with van der Waals surface area (Å²) in [6.07, 6.45) is 3.53. The van der Waals surface area contributed by atoms with Gasteiger partial charge in [-0.2, -0.15) is 0 Å². The number of pyridine rings is 1. The van der Waals surface area contributed by atoms with Gasteiger partial charge in [-0.05, 0) is 18.2 Å². The molecule has 3 nitrogen and oxygen atoms in total. The molecule has 0 aliphatic rings. The van der Waals surface area contributed by atoms with Crippen LogP contribution in [-0.4, -0.2) is 11.2 Å². The molecule has 0 aliphatic heterocycles. The lowest BCUT2D eigenvalue weighted by atomic mass is 10.3. The standard InChI is InChI=1S/C8H8FN3/c9-6-1-2-8(12-5-6)7(11)3-4-10/h1-5,10H,11H2. The van der Waals surface area contributed by atoms with Gasteiger partial charge in [0.2, 0.25) is 0 Å². The summed E-state index contributed by atoms with van der Waals surface area (Å²) < 4.78 is 12.4. The highest BCUT2D eigenvalue weighted by atomic mass is 19.1. The van der Waals surface area contributed by atoms with E-state index in [0.29, 0.717) is 11.4 Å². The molecule has 4 heteroatoms. The summed E-state index contributed by atoms with van der Waals surface area (Å²) in [6, 6.07) is 2.73. The lowest BCUT2D eigenvalue weighted by molar-refractivity contribution is 0.621. The van der Waals surface area contributed by atoms with Gasteiger partial charge < -0.3 is 11.1 Å². The van der Waals surface area contributed by atoms with E-state index in [1.54, 1.807) is 0 Å². The average Bonchev–Trinajstić information content (AvgIpc) is 2.06. The van der Waals surface area contributed by atoms with E-state index in [9.17, 15) is 4.39 Å². The van der Waals surface area contributed by atoms with E-state index in [-0.39, 0.29) is 0 Å². The van der Waals surface area contributed by atoms with Crippen molar-refractivity contribution in [1.29, 1.82) is 5.41 Å². The second-order valence-corrected chi connectivity index (χ2v) is 2.15. The Hall–Kier alpha value is -1.71. The molecule has 0 aliphatic carbocycles. The number of halogens is 1. The number of hydrogen-bond donors (Lipinski definition) is 2. The highest BCUT2D eigenvalue weighted by molar-refractivity contribution is 5.80. The Morgan fingerprint density at radius 1 is 1.58 bits per heavy atom. The second kappa shape index (κ2) is 3.61. The molecule has 0 aromatic carbocycles. The van der Waals surface area contributed by atoms with Crippen LogP contribution in [0.15, 0.2) is 24.4 Å². The number of aromatic nitrogens is 1. The van der Waals surface area contributed by atoms with Crippen LogP contribution in [0.4, 0.5) is 4.39 Å². The fourth-order valence-corrected chi connectivity index (χ4v) is 0.722. The molecule has 12 heavy (non-hydrogen) atoms. The Kier molecular flexibility index (Phi) is 2.53. The van der Waals surface area contributed by atoms with Gasteiger partial charge in [0.15, 0.2) is 0 Å². The van der Waals surface area contributed by atoms with Gasteiger partial charge in [-0.15, -0.1) is 0 Å². The maximum Gasteiger partial charge on any atom is 0.141 e. The maximum atomic E-state index is 12.4. The van der Waals surface area contributed by atoms with Crippen LogP contribution in [-0.2, 0) is 0 Å². The third-order valence-electron chi connectivity index (χ3n) is 1.29. The van der Waals surface area contributed by atoms with E-state index >= 15 is 0 Å². The fourth-order valence-electron chi connectivity index (χ4n) is 0.722. The van der Waals surface area contributed by atoms with Crippen LogP contribution in [0.25, 0.3) is 5.70 Å². The highest BCUT2D eigenvalue weighted by Crippen LogP contribution is 2.04. The Morgan fingerprint density at radius 3 is 2.83 bits per heavy atom. The lowest BCUT2D eigenvalue weighted by Crippen LogP contribution is -1.99. The topological polar surface area (TPSA) is 62.8 Å². The van der Waals surface area contributed by atoms with Crippen LogP contribution in [0.1, 0.15) is 5.69 Å². The van der Waals surface area contributed by atoms with E-state index in [1.807, 2.05) is 0 Å². The number of hydrogen-bond acceptors (Lipinski definition) is 3. The van der Waals surface area contributed by atoms with Crippen molar-refractivity contribution < 1.29 is 4.39 Å². The third-order valence-corrected chi connectivity index (χ3v) is 1.29. The summed E-state index contributed by atoms with van der Waals surface area (Å²) >= 11 is 0. The first-order valence-electron chi connectivity index (χ1n) is 3.32. The number of nitrogens with one attached hydrogen (secondary N) is 1. The van der Waals surface area contributed by atoms with Crippen molar-refractivity contribution in [1.82, 2.24) is 4.98 Å². The van der Waals surface area contributed by atoms with Crippen molar-refractivity contribution in [3.8, 4) is 0 Å². The SMILES string of the molecule is N=CC=C(N)c1ccc(F)cn1. The zero-order valence-electron chi connectivity index (χ0n) is 6.29. The largest absolute Gasteiger partial charge is 0.397 e. The molecule has 1 heterocycles. The third kappa shape index (κ3) is 1.88. The number of nitrogens with two attached hydrogens (primary N) is 1. The van der Waals surface area contributed by atoms with Crippen LogP contribution < -0.4 is 5.73 Å². The van der Waals surface area contributed by atoms with Crippen molar-refractivity contribution >= 4 is 11.9 Å². The summed E-state index contributed by atoms with van der Waals surface area (Å²) in [5, 5.41) is 6.74. The van der Waals surface area contributed by atoms with Gasteiger partial charge in [-0.25, -0.2) is 4.39 Å². The van der Waals surface area contributed by atoms with E-state index < -0.39 is 5.82 Å². The maximum absolute atomic E-state index is 12.4. The zero-order valence-corrected chi connectivity index (χ0v) is 6.29. The van der Waals surface area contributed by atoms with Crippen LogP contribution >= 0.6 is 0 Å². The molecule has 0 amide bonds. The summed E-state index contributed by atoms with van der Waals surface area (Å²) in [4.78, 5) is 3.73. The summed E-state index contributed by atoms with van der Waals surface area (Å²) in [7, 11) is 0. The van der Waals surface area contributed by atoms with Crippen molar-refractivity contribution in [3.63, 3.8) is 0 Å². The molecule has 0 fully saturated rings. The molecule has 1 aromatic heterocycles. The smallest absolute Gasteiger partial charge is 0.141 e. The molecule has 0 radical (unpaired) electrons. The van der Waals surface area contributed by atoms with Gasteiger partial charge >= 0.3 is 0 Å². The minimum absolute atomic E-state index is 0.352. The van der Waals surface area contributed by atoms with Crippen molar-refractivity contribution in [2.24, 2.45) is 5.73 Å². The molecule has 0 atom stereocenters. The van der Waals surface area contributed by atoms with E-state index in [2.05, 4.69) is 4.98 Å². The van der Waals surface area contributed by atoms with Gasteiger partial charge in [0, 0.05) is 6.21 Å². The van der Waals surface area contributed by atoms with Gasteiger partial charge in [-0.3, -0.25) is 4.98 Å². The summed E-state index contributed by atoms with van der Waals surface area (Å²) in [5.74, 6) is -0.401. The number of allylic oxidation sites excluding steroid dienone is 1. The number of rotatable bonds is 2. The molecular formula is C8H8FN3. The summed E-state index contributed by atoms with van der Waals surface area (Å²) in [5.41, 5.74) is 6.30. The Bertz CT molecular complexity index is 303. The van der Waals surface area contributed by atoms with E-state index in [1.165, 1.54) is 18.2 Å². The first-order chi connectivity index (χ1) is 5.74. The molecule has 1 aromatic rings. The predicted octanol–water partition coefficient (Wildman–Crippen LogP) is 1.17. The van der Waals surface area contributed by atoms with Crippen LogP contribution in [0, 0.1) is 11.2 Å². The first-order valence-corrected chi connectivity index (χ1v) is 3.32. The summed E-state index contributed by atoms with van der Waals surface area (Å²) in [6.45, 7) is 0. The lowest BCUT2D eigenvalue weighted by Gasteiger charge is -1.97. The minimum atomic E-state index is -0.401. The van der Waals surface area contributed by atoms with Gasteiger partial charge in [0.25, 0.3) is 0 Å². The molecule has 0 saturated carbocycles. The van der Waals surface area contributed by atoms with Gasteiger partial charge in [0.1, 0.15) is 5.82 Å². The van der Waals surface area contributed by atoms with E-state index in [4.69, 9.17) is 11.1 Å². The molecule has 62 valence electrons. The molecule has 1 rings (SSSR count). The highest BCUT2D eigenvalue weighted by Gasteiger charge is 1.96. The Balaban J connectivity index is 2.97. The predicted molar refractivity (Wildman–Crippen MR) is 45.1 cm³/mol. The van der Waals surface area contributed by atoms with Gasteiger partial charge in [-0.1, -0.05) is 0 Å². The zero-order chi connectivity index (χ0) is 8.97. The normalized spacial score (nSPS) is 11.2. The molecule has 0 unspecified atom stereocenters. The molecule has 0 saturated heterocycles. The quantitative estimate of drug-likeness (QED) is 0.646. The van der Waals surface area contributed by atoms with E-state index in [0.717, 1.165) is 12.4 Å². The molecule has 0 spiro atoms. The van der Waals surface area contributed by atoms with Gasteiger partial charge in [0.05, 0.1) is 17.6 Å². The average molecular weight is 165 g/mol. The monoisotopic (exact) mass is 165 g/mol. The van der Waals surface area contributed by atoms with Crippen molar-refractivity contribution in [2.45, 2.75) is 0 Å². The van der Waals surface area contributed by atoms with Crippen LogP contribution in [0.3, 0.4) is 0 Å². The minimum Gasteiger partial charge on any atom is -0.397 e. The first kappa shape index (κ1) is 8.39. The Labute approximate surface area is 69.2 Å². The fraction of sp³-hybridized carbons (Fsp3) is 0. The second-order valence-electron chi connectivity index (χ2n) is 2.15. The Morgan fingerprint density at radius 2 is 2.33 bits per heavy atom. The van der Waals surface area contributed by atoms with Crippen molar-refractivity contribution in [2.75, 3.05) is 0 Å².